The van der Waals surface area contributed by atoms with E-state index in [9.17, 15) is 5.26 Å². The third kappa shape index (κ3) is 6.18. The average molecular weight is 815 g/mol. The lowest BCUT2D eigenvalue weighted by atomic mass is 9.95. The fourth-order valence-electron chi connectivity index (χ4n) is 9.55. The first-order chi connectivity index (χ1) is 31.7. The normalized spacial score (nSPS) is 11.4. The molecular weight excluding hydrogens is 777 g/mol. The maximum Gasteiger partial charge on any atom is 0.0998 e. The van der Waals surface area contributed by atoms with Crippen LogP contribution in [0.15, 0.2) is 231 Å². The Hall–Kier alpha value is -8.78. The van der Waals surface area contributed by atoms with Gasteiger partial charge < -0.3 is 9.13 Å². The van der Waals surface area contributed by atoms with Crippen LogP contribution in [0.25, 0.3) is 111 Å². The molecule has 0 atom stereocenters. The number of hydrogen-bond donors (Lipinski definition) is 0. The van der Waals surface area contributed by atoms with E-state index in [1.165, 1.54) is 11.1 Å². The molecule has 0 unspecified atom stereocenters. The van der Waals surface area contributed by atoms with Crippen LogP contribution in [0, 0.1) is 11.3 Å². The molecule has 0 aliphatic carbocycles. The molecule has 0 radical (unpaired) electrons. The Balaban J connectivity index is 1.19. The highest BCUT2D eigenvalue weighted by Crippen LogP contribution is 2.43. The lowest BCUT2D eigenvalue weighted by Crippen LogP contribution is -2.05. The van der Waals surface area contributed by atoms with Crippen LogP contribution < -0.4 is 0 Å². The highest BCUT2D eigenvalue weighted by atomic mass is 15.1. The molecule has 3 aromatic heterocycles. The third-order valence-corrected chi connectivity index (χ3v) is 12.6. The van der Waals surface area contributed by atoms with Gasteiger partial charge in [0.1, 0.15) is 0 Å². The summed E-state index contributed by atoms with van der Waals surface area (Å²) in [5.41, 5.74) is 16.8. The molecule has 64 heavy (non-hydrogen) atoms. The summed E-state index contributed by atoms with van der Waals surface area (Å²) in [4.78, 5) is 5.21. The molecule has 0 bridgehead atoms. The van der Waals surface area contributed by atoms with Crippen LogP contribution >= 0.6 is 0 Å². The first kappa shape index (κ1) is 37.0. The maximum absolute atomic E-state index is 11.3. The van der Waals surface area contributed by atoms with Gasteiger partial charge in [-0.1, -0.05) is 170 Å². The maximum atomic E-state index is 11.3. The fraction of sp³-hybridized carbons (Fsp3) is 0. The number of nitriles is 1. The minimum Gasteiger partial charge on any atom is -0.307 e. The van der Waals surface area contributed by atoms with Crippen molar-refractivity contribution in [1.29, 1.82) is 5.26 Å². The van der Waals surface area contributed by atoms with Gasteiger partial charge in [-0.3, -0.25) is 0 Å². The summed E-state index contributed by atoms with van der Waals surface area (Å²) in [5.74, 6) is 0. The number of rotatable bonds is 7. The van der Waals surface area contributed by atoms with Gasteiger partial charge in [-0.15, -0.1) is 0 Å². The van der Waals surface area contributed by atoms with E-state index in [0.717, 1.165) is 99.8 Å². The molecule has 0 aliphatic heterocycles. The second-order valence-electron chi connectivity index (χ2n) is 16.3. The van der Waals surface area contributed by atoms with Crippen molar-refractivity contribution in [1.82, 2.24) is 14.1 Å². The summed E-state index contributed by atoms with van der Waals surface area (Å²) in [6.07, 6.45) is 0. The van der Waals surface area contributed by atoms with Crippen LogP contribution in [0.1, 0.15) is 5.56 Å². The Bertz CT molecular complexity index is 3710. The third-order valence-electron chi connectivity index (χ3n) is 12.6. The lowest BCUT2D eigenvalue weighted by molar-refractivity contribution is 1.09. The van der Waals surface area contributed by atoms with Crippen molar-refractivity contribution in [3.8, 4) is 73.3 Å². The summed E-state index contributed by atoms with van der Waals surface area (Å²) in [6.45, 7) is 0. The van der Waals surface area contributed by atoms with Gasteiger partial charge in [0.05, 0.1) is 56.5 Å². The molecule has 9 aromatic carbocycles. The zero-order valence-corrected chi connectivity index (χ0v) is 34.7. The fourth-order valence-corrected chi connectivity index (χ4v) is 9.55. The average Bonchev–Trinajstić information content (AvgIpc) is 3.89. The van der Waals surface area contributed by atoms with Crippen LogP contribution in [-0.4, -0.2) is 14.1 Å². The number of para-hydroxylation sites is 2. The van der Waals surface area contributed by atoms with Crippen molar-refractivity contribution in [2.24, 2.45) is 0 Å². The second-order valence-corrected chi connectivity index (χ2v) is 16.3. The second kappa shape index (κ2) is 15.3. The lowest BCUT2D eigenvalue weighted by Gasteiger charge is -2.20. The highest BCUT2D eigenvalue weighted by Gasteiger charge is 2.23. The highest BCUT2D eigenvalue weighted by molar-refractivity contribution is 6.13. The van der Waals surface area contributed by atoms with Crippen molar-refractivity contribution in [2.45, 2.75) is 0 Å². The molecule has 12 aromatic rings. The first-order valence-corrected chi connectivity index (χ1v) is 21.6. The number of aromatic nitrogens is 3. The minimum atomic E-state index is 0.571. The Morgan fingerprint density at radius 1 is 0.312 bits per heavy atom. The van der Waals surface area contributed by atoms with Crippen molar-refractivity contribution in [3.63, 3.8) is 0 Å². The molecule has 4 nitrogen and oxygen atoms in total. The summed E-state index contributed by atoms with van der Waals surface area (Å²) in [7, 11) is 0. The van der Waals surface area contributed by atoms with Crippen molar-refractivity contribution in [2.75, 3.05) is 0 Å². The van der Waals surface area contributed by atoms with Crippen LogP contribution in [0.3, 0.4) is 0 Å². The molecule has 0 saturated carbocycles. The van der Waals surface area contributed by atoms with Crippen molar-refractivity contribution in [3.05, 3.63) is 236 Å². The minimum absolute atomic E-state index is 0.571. The van der Waals surface area contributed by atoms with Crippen LogP contribution in [0.2, 0.25) is 0 Å². The summed E-state index contributed by atoms with van der Waals surface area (Å²) >= 11 is 0. The topological polar surface area (TPSA) is 46.5 Å². The van der Waals surface area contributed by atoms with Crippen LogP contribution in [-0.2, 0) is 0 Å². The molecule has 0 amide bonds. The van der Waals surface area contributed by atoms with Gasteiger partial charge in [0.15, 0.2) is 0 Å². The van der Waals surface area contributed by atoms with E-state index >= 15 is 0 Å². The molecule has 0 fully saturated rings. The monoisotopic (exact) mass is 814 g/mol. The SMILES string of the molecule is N#Cc1cc(-n2c3ccccc3c3cc(-c4ccccc4)ccc32)c(-n2c3ccccc3c3cc(-c4ccccc4)ccc32)cc1-c1cc(-c2ccccc2)nc(-c2ccccc2)c1. The number of nitrogens with zero attached hydrogens (tertiary/aromatic N) is 4. The van der Waals surface area contributed by atoms with E-state index in [1.807, 2.05) is 36.4 Å². The zero-order chi connectivity index (χ0) is 42.6. The van der Waals surface area contributed by atoms with Crippen molar-refractivity contribution < 1.29 is 0 Å². The van der Waals surface area contributed by atoms with Crippen LogP contribution in [0.4, 0.5) is 0 Å². The molecule has 0 saturated heterocycles. The van der Waals surface area contributed by atoms with Gasteiger partial charge in [0.2, 0.25) is 0 Å². The number of hydrogen-bond acceptors (Lipinski definition) is 2. The first-order valence-electron chi connectivity index (χ1n) is 21.6. The molecule has 12 rings (SSSR count). The Kier molecular flexibility index (Phi) is 8.84. The van der Waals surface area contributed by atoms with E-state index in [4.69, 9.17) is 4.98 Å². The summed E-state index contributed by atoms with van der Waals surface area (Å²) < 4.78 is 4.76. The summed E-state index contributed by atoms with van der Waals surface area (Å²) in [5, 5.41) is 15.9. The Morgan fingerprint density at radius 2 is 0.703 bits per heavy atom. The standard InChI is InChI=1S/C60H38N4/c61-39-47-37-59(63-55-27-15-13-25-48(55)51-33-44(29-31-57(51)63)40-17-5-1-6-18-40)60(64-56-28-16-14-26-49(56)52-34-45(30-32-58(52)64)41-19-7-2-8-20-41)38-50(47)46-35-53(42-21-9-3-10-22-42)62-54(36-46)43-23-11-4-12-24-43/h1-38H. The van der Waals surface area contributed by atoms with Crippen molar-refractivity contribution >= 4 is 43.6 Å². The zero-order valence-electron chi connectivity index (χ0n) is 34.7. The van der Waals surface area contributed by atoms with Gasteiger partial charge in [-0.2, -0.15) is 5.26 Å². The van der Waals surface area contributed by atoms with Crippen LogP contribution in [0.5, 0.6) is 0 Å². The number of pyridine rings is 1. The Labute approximate surface area is 370 Å². The van der Waals surface area contributed by atoms with E-state index in [0.29, 0.717) is 5.56 Å². The van der Waals surface area contributed by atoms with E-state index in [-0.39, 0.29) is 0 Å². The summed E-state index contributed by atoms with van der Waals surface area (Å²) in [6, 6.07) is 83.8. The Morgan fingerprint density at radius 3 is 1.16 bits per heavy atom. The predicted molar refractivity (Wildman–Crippen MR) is 265 cm³/mol. The number of fused-ring (bicyclic) bond motifs is 6. The quantitative estimate of drug-likeness (QED) is 0.161. The largest absolute Gasteiger partial charge is 0.307 e. The van der Waals surface area contributed by atoms with Gasteiger partial charge in [0, 0.05) is 38.2 Å². The van der Waals surface area contributed by atoms with E-state index in [2.05, 4.69) is 209 Å². The van der Waals surface area contributed by atoms with E-state index in [1.54, 1.807) is 0 Å². The molecule has 0 N–H and O–H groups in total. The van der Waals surface area contributed by atoms with E-state index < -0.39 is 0 Å². The molecule has 4 heteroatoms. The smallest absolute Gasteiger partial charge is 0.0998 e. The molecular formula is C60H38N4. The molecule has 298 valence electrons. The van der Waals surface area contributed by atoms with Gasteiger partial charge in [-0.05, 0) is 88.5 Å². The molecule has 0 spiro atoms. The predicted octanol–water partition coefficient (Wildman–Crippen LogP) is 15.5. The number of benzene rings is 9. The molecule has 0 aliphatic rings. The molecule has 3 heterocycles. The van der Waals surface area contributed by atoms with Gasteiger partial charge in [-0.25, -0.2) is 4.98 Å². The van der Waals surface area contributed by atoms with Gasteiger partial charge in [0.25, 0.3) is 0 Å². The van der Waals surface area contributed by atoms with Gasteiger partial charge >= 0.3 is 0 Å².